The van der Waals surface area contributed by atoms with Crippen LogP contribution in [-0.4, -0.2) is 54.7 Å². The molecule has 0 bridgehead atoms. The van der Waals surface area contributed by atoms with Gasteiger partial charge in [-0.25, -0.2) is 9.59 Å². The third-order valence-electron chi connectivity index (χ3n) is 3.93. The van der Waals surface area contributed by atoms with Crippen LogP contribution in [0.25, 0.3) is 0 Å². The van der Waals surface area contributed by atoms with Crippen LogP contribution in [0.3, 0.4) is 0 Å². The Hall–Kier alpha value is -2.31. The molecule has 0 aromatic heterocycles. The number of alkyl carbamates (subject to hydrolysis) is 1. The van der Waals surface area contributed by atoms with Gasteiger partial charge in [0.15, 0.2) is 0 Å². The molecule has 2 amide bonds. The first-order valence-corrected chi connectivity index (χ1v) is 8.05. The van der Waals surface area contributed by atoms with Crippen molar-refractivity contribution in [1.29, 1.82) is 0 Å². The topological polar surface area (TPSA) is 84.9 Å². The molecule has 1 rings (SSSR count). The van der Waals surface area contributed by atoms with Gasteiger partial charge in [-0.1, -0.05) is 12.2 Å². The number of likely N-dealkylation sites (tertiary alicyclic amines) is 1. The van der Waals surface area contributed by atoms with Crippen LogP contribution in [0.1, 0.15) is 32.6 Å². The standard InChI is InChI=1S/C17H26N2O5/c1-5-8-12-10-11-14(16(21)24-7-3)19(12)15(20)13(9-6-2)18-17(22)23-4/h5-6,12-14H,1-2,7-11H2,3-4H3,(H,18,22)/t12?,13-,14-/m0/s1. The number of methoxy groups -OCH3 is 1. The summed E-state index contributed by atoms with van der Waals surface area (Å²) in [6.45, 7) is 9.29. The quantitative estimate of drug-likeness (QED) is 0.539. The van der Waals surface area contributed by atoms with Crippen LogP contribution in [0.5, 0.6) is 0 Å². The van der Waals surface area contributed by atoms with Crippen molar-refractivity contribution in [2.45, 2.75) is 50.7 Å². The summed E-state index contributed by atoms with van der Waals surface area (Å²) in [6.07, 6.45) is 4.57. The highest BCUT2D eigenvalue weighted by Crippen LogP contribution is 2.29. The van der Waals surface area contributed by atoms with Gasteiger partial charge in [-0.05, 0) is 32.6 Å². The van der Waals surface area contributed by atoms with Crippen molar-refractivity contribution in [3.8, 4) is 0 Å². The minimum absolute atomic E-state index is 0.142. The van der Waals surface area contributed by atoms with Gasteiger partial charge in [0.2, 0.25) is 5.91 Å². The molecule has 1 N–H and O–H groups in total. The van der Waals surface area contributed by atoms with E-state index in [-0.39, 0.29) is 25.0 Å². The molecular formula is C17H26N2O5. The molecule has 24 heavy (non-hydrogen) atoms. The molecule has 1 aliphatic heterocycles. The van der Waals surface area contributed by atoms with Gasteiger partial charge >= 0.3 is 12.1 Å². The van der Waals surface area contributed by atoms with E-state index in [1.807, 2.05) is 0 Å². The maximum atomic E-state index is 13.0. The predicted molar refractivity (Wildman–Crippen MR) is 89.2 cm³/mol. The van der Waals surface area contributed by atoms with Crippen molar-refractivity contribution in [3.05, 3.63) is 25.3 Å². The SMILES string of the molecule is C=CCC1CC[C@@H](C(=O)OCC)N1C(=O)[C@H](CC=C)NC(=O)OC. The predicted octanol–water partition coefficient (Wildman–Crippen LogP) is 1.79. The van der Waals surface area contributed by atoms with Crippen LogP contribution >= 0.6 is 0 Å². The average Bonchev–Trinajstić information content (AvgIpc) is 2.98. The van der Waals surface area contributed by atoms with Crippen LogP contribution < -0.4 is 5.32 Å². The van der Waals surface area contributed by atoms with E-state index >= 15 is 0 Å². The second-order valence-corrected chi connectivity index (χ2v) is 5.48. The highest BCUT2D eigenvalue weighted by atomic mass is 16.5. The Kier molecular flexibility index (Phi) is 8.01. The van der Waals surface area contributed by atoms with E-state index in [2.05, 4.69) is 23.2 Å². The molecule has 0 spiro atoms. The highest BCUT2D eigenvalue weighted by molar-refractivity contribution is 5.90. The van der Waals surface area contributed by atoms with Crippen molar-refractivity contribution >= 4 is 18.0 Å². The first kappa shape index (κ1) is 19.7. The smallest absolute Gasteiger partial charge is 0.407 e. The number of rotatable bonds is 8. The van der Waals surface area contributed by atoms with Crippen LogP contribution in [0.15, 0.2) is 25.3 Å². The third-order valence-corrected chi connectivity index (χ3v) is 3.93. The van der Waals surface area contributed by atoms with E-state index in [9.17, 15) is 14.4 Å². The molecule has 0 saturated carbocycles. The second kappa shape index (κ2) is 9.75. The number of carbonyl (C=O) groups excluding carboxylic acids is 3. The van der Waals surface area contributed by atoms with Gasteiger partial charge < -0.3 is 19.7 Å². The Balaban J connectivity index is 3.02. The number of nitrogens with zero attached hydrogens (tertiary/aromatic N) is 1. The molecule has 7 heteroatoms. The molecule has 134 valence electrons. The molecule has 1 fully saturated rings. The number of amides is 2. The van der Waals surface area contributed by atoms with Gasteiger partial charge in [0.1, 0.15) is 12.1 Å². The first-order valence-electron chi connectivity index (χ1n) is 8.05. The Morgan fingerprint density at radius 3 is 2.54 bits per heavy atom. The number of hydrogen-bond acceptors (Lipinski definition) is 5. The van der Waals surface area contributed by atoms with Crippen LogP contribution in [-0.2, 0) is 19.1 Å². The summed E-state index contributed by atoms with van der Waals surface area (Å²) in [5, 5.41) is 2.50. The van der Waals surface area contributed by atoms with E-state index in [0.29, 0.717) is 19.3 Å². The Morgan fingerprint density at radius 1 is 1.29 bits per heavy atom. The van der Waals surface area contributed by atoms with Crippen molar-refractivity contribution in [2.24, 2.45) is 0 Å². The fraction of sp³-hybridized carbons (Fsp3) is 0.588. The van der Waals surface area contributed by atoms with Gasteiger partial charge in [0.05, 0.1) is 13.7 Å². The van der Waals surface area contributed by atoms with Crippen LogP contribution in [0.2, 0.25) is 0 Å². The summed E-state index contributed by atoms with van der Waals surface area (Å²) >= 11 is 0. The lowest BCUT2D eigenvalue weighted by molar-refractivity contribution is -0.154. The second-order valence-electron chi connectivity index (χ2n) is 5.48. The highest BCUT2D eigenvalue weighted by Gasteiger charge is 2.43. The van der Waals surface area contributed by atoms with Gasteiger partial charge in [0.25, 0.3) is 0 Å². The molecular weight excluding hydrogens is 312 g/mol. The van der Waals surface area contributed by atoms with Crippen LogP contribution in [0, 0.1) is 0 Å². The van der Waals surface area contributed by atoms with Gasteiger partial charge in [-0.2, -0.15) is 0 Å². The monoisotopic (exact) mass is 338 g/mol. The number of nitrogens with one attached hydrogen (secondary N) is 1. The van der Waals surface area contributed by atoms with Crippen LogP contribution in [0.4, 0.5) is 4.79 Å². The Labute approximate surface area is 142 Å². The van der Waals surface area contributed by atoms with Gasteiger partial charge in [0, 0.05) is 6.04 Å². The lowest BCUT2D eigenvalue weighted by Crippen LogP contribution is -2.54. The molecule has 1 aliphatic rings. The molecule has 1 heterocycles. The number of carbonyl (C=O) groups is 3. The zero-order valence-electron chi connectivity index (χ0n) is 14.3. The molecule has 0 aliphatic carbocycles. The summed E-state index contributed by atoms with van der Waals surface area (Å²) in [7, 11) is 1.22. The molecule has 1 unspecified atom stereocenters. The number of ether oxygens (including phenoxy) is 2. The molecule has 7 nitrogen and oxygen atoms in total. The van der Waals surface area contributed by atoms with Crippen molar-refractivity contribution < 1.29 is 23.9 Å². The summed E-state index contributed by atoms with van der Waals surface area (Å²) in [5.41, 5.74) is 0. The first-order chi connectivity index (χ1) is 11.5. The Bertz CT molecular complexity index is 491. The minimum Gasteiger partial charge on any atom is -0.464 e. The fourth-order valence-electron chi connectivity index (χ4n) is 2.88. The molecule has 3 atom stereocenters. The van der Waals surface area contributed by atoms with E-state index in [1.54, 1.807) is 13.0 Å². The molecule has 0 aromatic rings. The minimum atomic E-state index is -0.836. The number of hydrogen-bond donors (Lipinski definition) is 1. The van der Waals surface area contributed by atoms with E-state index in [0.717, 1.165) is 0 Å². The van der Waals surface area contributed by atoms with Gasteiger partial charge in [-0.3, -0.25) is 4.79 Å². The summed E-state index contributed by atoms with van der Waals surface area (Å²) in [4.78, 5) is 38.2. The maximum Gasteiger partial charge on any atom is 0.407 e. The summed E-state index contributed by atoms with van der Waals surface area (Å²) < 4.78 is 9.65. The van der Waals surface area contributed by atoms with E-state index in [4.69, 9.17) is 4.74 Å². The fourth-order valence-corrected chi connectivity index (χ4v) is 2.88. The van der Waals surface area contributed by atoms with E-state index < -0.39 is 24.1 Å². The largest absolute Gasteiger partial charge is 0.464 e. The lowest BCUT2D eigenvalue weighted by atomic mass is 10.1. The summed E-state index contributed by atoms with van der Waals surface area (Å²) in [6, 6.07) is -1.62. The van der Waals surface area contributed by atoms with Crippen molar-refractivity contribution in [2.75, 3.05) is 13.7 Å². The molecule has 0 radical (unpaired) electrons. The van der Waals surface area contributed by atoms with E-state index in [1.165, 1.54) is 18.1 Å². The van der Waals surface area contributed by atoms with Gasteiger partial charge in [-0.15, -0.1) is 13.2 Å². The molecule has 0 aromatic carbocycles. The lowest BCUT2D eigenvalue weighted by Gasteiger charge is -2.32. The third kappa shape index (κ3) is 4.84. The molecule has 1 saturated heterocycles. The average molecular weight is 338 g/mol. The maximum absolute atomic E-state index is 13.0. The zero-order chi connectivity index (χ0) is 18.1. The summed E-state index contributed by atoms with van der Waals surface area (Å²) in [5.74, 6) is -0.768. The van der Waals surface area contributed by atoms with Crippen molar-refractivity contribution in [1.82, 2.24) is 10.2 Å². The normalized spacial score (nSPS) is 20.8. The number of esters is 1. The van der Waals surface area contributed by atoms with Crippen molar-refractivity contribution in [3.63, 3.8) is 0 Å². The Morgan fingerprint density at radius 2 is 2.00 bits per heavy atom. The zero-order valence-corrected chi connectivity index (χ0v) is 14.3.